The first-order valence-corrected chi connectivity index (χ1v) is 7.98. The molecule has 22 heavy (non-hydrogen) atoms. The molecular formula is C18H22F2O2. The lowest BCUT2D eigenvalue weighted by Gasteiger charge is -2.37. The van der Waals surface area contributed by atoms with Crippen LogP contribution < -0.4 is 0 Å². The molecule has 1 heterocycles. The Labute approximate surface area is 130 Å². The quantitative estimate of drug-likeness (QED) is 0.770. The van der Waals surface area contributed by atoms with E-state index in [1.165, 1.54) is 12.1 Å². The number of halogens is 2. The summed E-state index contributed by atoms with van der Waals surface area (Å²) in [6.07, 6.45) is 5.66. The second-order valence-electron chi connectivity index (χ2n) is 6.32. The van der Waals surface area contributed by atoms with Crippen LogP contribution in [-0.2, 0) is 9.47 Å². The van der Waals surface area contributed by atoms with E-state index < -0.39 is 11.6 Å². The summed E-state index contributed by atoms with van der Waals surface area (Å²) in [5.74, 6) is -0.551. The van der Waals surface area contributed by atoms with Crippen molar-refractivity contribution in [1.29, 1.82) is 0 Å². The molecule has 0 spiro atoms. The molecule has 120 valence electrons. The van der Waals surface area contributed by atoms with E-state index in [1.807, 2.05) is 6.08 Å². The molecule has 1 saturated heterocycles. The summed E-state index contributed by atoms with van der Waals surface area (Å²) in [5.41, 5.74) is 0.898. The monoisotopic (exact) mass is 308 g/mol. The molecule has 2 fully saturated rings. The van der Waals surface area contributed by atoms with Crippen molar-refractivity contribution in [2.24, 2.45) is 11.8 Å². The lowest BCUT2D eigenvalue weighted by Crippen LogP contribution is -2.37. The molecule has 3 rings (SSSR count). The number of rotatable bonds is 3. The third kappa shape index (κ3) is 3.39. The van der Waals surface area contributed by atoms with E-state index in [-0.39, 0.29) is 12.2 Å². The normalized spacial score (nSPS) is 32.6. The third-order valence-corrected chi connectivity index (χ3v) is 4.85. The maximum Gasteiger partial charge on any atom is 0.160 e. The third-order valence-electron chi connectivity index (χ3n) is 4.85. The minimum absolute atomic E-state index is 0.123. The molecule has 1 aromatic carbocycles. The average molecular weight is 308 g/mol. The summed E-state index contributed by atoms with van der Waals surface area (Å²) >= 11 is 0. The van der Waals surface area contributed by atoms with E-state index in [9.17, 15) is 8.78 Å². The van der Waals surface area contributed by atoms with Gasteiger partial charge in [0.05, 0.1) is 13.2 Å². The molecule has 4 heteroatoms. The Balaban J connectivity index is 1.54. The molecule has 0 unspecified atom stereocenters. The van der Waals surface area contributed by atoms with Crippen LogP contribution in [0, 0.1) is 23.5 Å². The predicted octanol–water partition coefficient (Wildman–Crippen LogP) is 4.41. The highest BCUT2D eigenvalue weighted by molar-refractivity contribution is 5.22. The Morgan fingerprint density at radius 3 is 2.27 bits per heavy atom. The van der Waals surface area contributed by atoms with Crippen LogP contribution in [0.15, 0.2) is 30.9 Å². The highest BCUT2D eigenvalue weighted by Crippen LogP contribution is 2.39. The summed E-state index contributed by atoms with van der Waals surface area (Å²) in [5, 5.41) is 0. The highest BCUT2D eigenvalue weighted by atomic mass is 19.2. The summed E-state index contributed by atoms with van der Waals surface area (Å²) in [7, 11) is 0. The molecule has 0 aromatic heterocycles. The second kappa shape index (κ2) is 6.88. The largest absolute Gasteiger partial charge is 0.352 e. The smallest absolute Gasteiger partial charge is 0.160 e. The van der Waals surface area contributed by atoms with Gasteiger partial charge in [-0.2, -0.15) is 0 Å². The van der Waals surface area contributed by atoms with E-state index >= 15 is 0 Å². The van der Waals surface area contributed by atoms with Crippen molar-refractivity contribution in [2.45, 2.75) is 37.9 Å². The molecule has 1 saturated carbocycles. The summed E-state index contributed by atoms with van der Waals surface area (Å²) in [6.45, 7) is 5.12. The van der Waals surface area contributed by atoms with Crippen LogP contribution in [0.2, 0.25) is 0 Å². The van der Waals surface area contributed by atoms with E-state index in [1.54, 1.807) is 6.07 Å². The van der Waals surface area contributed by atoms with E-state index in [4.69, 9.17) is 9.47 Å². The molecule has 1 aromatic rings. The van der Waals surface area contributed by atoms with Crippen LogP contribution in [0.5, 0.6) is 0 Å². The Bertz CT molecular complexity index is 516. The van der Waals surface area contributed by atoms with Crippen molar-refractivity contribution in [3.05, 3.63) is 48.1 Å². The molecular weight excluding hydrogens is 286 g/mol. The molecule has 2 nitrogen and oxygen atoms in total. The van der Waals surface area contributed by atoms with Crippen LogP contribution in [0.4, 0.5) is 8.78 Å². The summed E-state index contributed by atoms with van der Waals surface area (Å²) in [6, 6.07) is 4.26. The van der Waals surface area contributed by atoms with Gasteiger partial charge in [0.15, 0.2) is 17.9 Å². The van der Waals surface area contributed by atoms with E-state index in [0.717, 1.165) is 31.2 Å². The lowest BCUT2D eigenvalue weighted by molar-refractivity contribution is -0.222. The molecule has 0 radical (unpaired) electrons. The van der Waals surface area contributed by atoms with Gasteiger partial charge in [0.25, 0.3) is 0 Å². The molecule has 0 N–H and O–H groups in total. The van der Waals surface area contributed by atoms with Crippen molar-refractivity contribution in [2.75, 3.05) is 13.2 Å². The van der Waals surface area contributed by atoms with Gasteiger partial charge in [-0.05, 0) is 49.3 Å². The van der Waals surface area contributed by atoms with Gasteiger partial charge in [0, 0.05) is 11.8 Å². The van der Waals surface area contributed by atoms with Gasteiger partial charge in [-0.15, -0.1) is 6.58 Å². The van der Waals surface area contributed by atoms with Crippen molar-refractivity contribution in [1.82, 2.24) is 0 Å². The zero-order chi connectivity index (χ0) is 15.5. The Kier molecular flexibility index (Phi) is 4.89. The van der Waals surface area contributed by atoms with Crippen LogP contribution in [0.25, 0.3) is 0 Å². The van der Waals surface area contributed by atoms with Crippen molar-refractivity contribution in [3.8, 4) is 0 Å². The van der Waals surface area contributed by atoms with Crippen LogP contribution in [0.3, 0.4) is 0 Å². The van der Waals surface area contributed by atoms with Gasteiger partial charge in [-0.1, -0.05) is 12.1 Å². The number of hydrogen-bond donors (Lipinski definition) is 0. The molecule has 0 amide bonds. The van der Waals surface area contributed by atoms with Gasteiger partial charge in [0.2, 0.25) is 0 Å². The molecule has 0 bridgehead atoms. The van der Waals surface area contributed by atoms with Gasteiger partial charge in [-0.3, -0.25) is 0 Å². The van der Waals surface area contributed by atoms with Gasteiger partial charge in [-0.25, -0.2) is 8.78 Å². The standard InChI is InChI=1S/C18H22F2O2/c1-2-12-10-21-18(22-11-12)14-5-3-13(4-6-14)15-7-8-16(19)17(20)9-15/h2,7-9,12-14,18H,1,3-6,10-11H2. The van der Waals surface area contributed by atoms with Crippen LogP contribution in [0.1, 0.15) is 37.2 Å². The average Bonchev–Trinajstić information content (AvgIpc) is 2.58. The van der Waals surface area contributed by atoms with Gasteiger partial charge < -0.3 is 9.47 Å². The van der Waals surface area contributed by atoms with Gasteiger partial charge in [0.1, 0.15) is 0 Å². The lowest BCUT2D eigenvalue weighted by atomic mass is 9.78. The fourth-order valence-corrected chi connectivity index (χ4v) is 3.43. The number of benzene rings is 1. The van der Waals surface area contributed by atoms with Crippen molar-refractivity contribution < 1.29 is 18.3 Å². The number of hydrogen-bond acceptors (Lipinski definition) is 2. The zero-order valence-electron chi connectivity index (χ0n) is 12.6. The van der Waals surface area contributed by atoms with Gasteiger partial charge >= 0.3 is 0 Å². The first kappa shape index (κ1) is 15.6. The number of ether oxygens (including phenoxy) is 2. The summed E-state index contributed by atoms with van der Waals surface area (Å²) < 4.78 is 38.0. The molecule has 2 aliphatic rings. The van der Waals surface area contributed by atoms with E-state index in [0.29, 0.717) is 25.0 Å². The second-order valence-corrected chi connectivity index (χ2v) is 6.32. The highest BCUT2D eigenvalue weighted by Gasteiger charge is 2.32. The maximum atomic E-state index is 13.3. The molecule has 1 aliphatic carbocycles. The minimum atomic E-state index is -0.779. The fourth-order valence-electron chi connectivity index (χ4n) is 3.43. The van der Waals surface area contributed by atoms with E-state index in [2.05, 4.69) is 6.58 Å². The Morgan fingerprint density at radius 1 is 1.00 bits per heavy atom. The topological polar surface area (TPSA) is 18.5 Å². The summed E-state index contributed by atoms with van der Waals surface area (Å²) in [4.78, 5) is 0. The minimum Gasteiger partial charge on any atom is -0.352 e. The Hall–Kier alpha value is -1.26. The maximum absolute atomic E-state index is 13.3. The van der Waals surface area contributed by atoms with Crippen molar-refractivity contribution >= 4 is 0 Å². The first-order chi connectivity index (χ1) is 10.7. The fraction of sp³-hybridized carbons (Fsp3) is 0.556. The predicted molar refractivity (Wildman–Crippen MR) is 80.4 cm³/mol. The molecule has 1 aliphatic heterocycles. The molecule has 0 atom stereocenters. The SMILES string of the molecule is C=CC1COC(C2CCC(c3ccc(F)c(F)c3)CC2)OC1. The Morgan fingerprint density at radius 2 is 1.68 bits per heavy atom. The van der Waals surface area contributed by atoms with Crippen molar-refractivity contribution in [3.63, 3.8) is 0 Å². The van der Waals surface area contributed by atoms with Crippen LogP contribution in [-0.4, -0.2) is 19.5 Å². The zero-order valence-corrected chi connectivity index (χ0v) is 12.6. The first-order valence-electron chi connectivity index (χ1n) is 7.98. The van der Waals surface area contributed by atoms with Crippen LogP contribution >= 0.6 is 0 Å².